The molecule has 146 valence electrons. The summed E-state index contributed by atoms with van der Waals surface area (Å²) in [6.07, 6.45) is 0.735. The van der Waals surface area contributed by atoms with Crippen molar-refractivity contribution in [1.82, 2.24) is 5.32 Å². The molecule has 27 heavy (non-hydrogen) atoms. The van der Waals surface area contributed by atoms with E-state index in [1.165, 1.54) is 11.4 Å². The van der Waals surface area contributed by atoms with Crippen molar-refractivity contribution in [3.63, 3.8) is 0 Å². The zero-order valence-corrected chi connectivity index (χ0v) is 16.2. The number of carbonyl (C=O) groups is 1. The molecule has 0 aromatic heterocycles. The normalized spacial score (nSPS) is 11.0. The molecule has 8 heteroatoms. The van der Waals surface area contributed by atoms with Gasteiger partial charge in [-0.1, -0.05) is 18.2 Å². The molecule has 0 bridgehead atoms. The van der Waals surface area contributed by atoms with Crippen LogP contribution >= 0.6 is 0 Å². The third-order valence-electron chi connectivity index (χ3n) is 3.82. The van der Waals surface area contributed by atoms with Crippen molar-refractivity contribution in [2.75, 3.05) is 38.2 Å². The molecular weight excluding hydrogens is 368 g/mol. The zero-order chi connectivity index (χ0) is 19.7. The molecule has 2 rings (SSSR count). The van der Waals surface area contributed by atoms with Gasteiger partial charge in [0, 0.05) is 27.3 Å². The molecule has 0 unspecified atom stereocenters. The summed E-state index contributed by atoms with van der Waals surface area (Å²) in [5.41, 5.74) is 0.496. The van der Waals surface area contributed by atoms with Gasteiger partial charge in [0.25, 0.3) is 15.9 Å². The fraction of sp³-hybridized carbons (Fsp3) is 0.316. The van der Waals surface area contributed by atoms with Crippen molar-refractivity contribution in [3.8, 4) is 5.75 Å². The largest absolute Gasteiger partial charge is 0.484 e. The fourth-order valence-corrected chi connectivity index (χ4v) is 3.50. The van der Waals surface area contributed by atoms with Gasteiger partial charge in [0.2, 0.25) is 0 Å². The summed E-state index contributed by atoms with van der Waals surface area (Å²) in [5, 5.41) is 2.72. The van der Waals surface area contributed by atoms with Gasteiger partial charge in [0.15, 0.2) is 6.61 Å². The van der Waals surface area contributed by atoms with E-state index in [0.717, 1.165) is 6.42 Å². The number of amides is 1. The zero-order valence-electron chi connectivity index (χ0n) is 15.4. The molecule has 2 aromatic rings. The second kappa shape index (κ2) is 9.94. The average Bonchev–Trinajstić information content (AvgIpc) is 2.70. The van der Waals surface area contributed by atoms with Gasteiger partial charge in [0.05, 0.1) is 10.6 Å². The monoisotopic (exact) mass is 392 g/mol. The summed E-state index contributed by atoms with van der Waals surface area (Å²) in [5.74, 6) is 0.259. The number of nitrogens with zero attached hydrogens (tertiary/aromatic N) is 1. The van der Waals surface area contributed by atoms with Crippen LogP contribution in [-0.4, -0.2) is 48.2 Å². The van der Waals surface area contributed by atoms with Gasteiger partial charge in [-0.2, -0.15) is 0 Å². The maximum atomic E-state index is 12.6. The average molecular weight is 392 g/mol. The van der Waals surface area contributed by atoms with Gasteiger partial charge in [-0.15, -0.1) is 0 Å². The Balaban J connectivity index is 1.92. The summed E-state index contributed by atoms with van der Waals surface area (Å²) in [6, 6.07) is 14.7. The first-order chi connectivity index (χ1) is 12.9. The number of nitrogens with one attached hydrogen (secondary N) is 1. The lowest BCUT2D eigenvalue weighted by Gasteiger charge is -2.19. The smallest absolute Gasteiger partial charge is 0.264 e. The lowest BCUT2D eigenvalue weighted by atomic mass is 10.3. The molecule has 0 aliphatic carbocycles. The highest BCUT2D eigenvalue weighted by atomic mass is 32.2. The number of hydrogen-bond donors (Lipinski definition) is 1. The topological polar surface area (TPSA) is 84.9 Å². The van der Waals surface area contributed by atoms with Crippen molar-refractivity contribution in [1.29, 1.82) is 0 Å². The predicted molar refractivity (Wildman–Crippen MR) is 103 cm³/mol. The van der Waals surface area contributed by atoms with E-state index in [1.807, 2.05) is 0 Å². The van der Waals surface area contributed by atoms with E-state index < -0.39 is 10.0 Å². The molecule has 0 saturated heterocycles. The third kappa shape index (κ3) is 5.97. The lowest BCUT2D eigenvalue weighted by Crippen LogP contribution is -2.30. The molecule has 0 saturated carbocycles. The van der Waals surface area contributed by atoms with Crippen LogP contribution in [0.15, 0.2) is 59.5 Å². The van der Waals surface area contributed by atoms with Gasteiger partial charge in [-0.05, 0) is 42.8 Å². The van der Waals surface area contributed by atoms with Crippen LogP contribution in [0.1, 0.15) is 6.42 Å². The summed E-state index contributed by atoms with van der Waals surface area (Å²) in [7, 11) is -0.528. The van der Waals surface area contributed by atoms with Crippen molar-refractivity contribution in [3.05, 3.63) is 54.6 Å². The second-order valence-electron chi connectivity index (χ2n) is 5.76. The maximum Gasteiger partial charge on any atom is 0.264 e. The number of sulfonamides is 1. The van der Waals surface area contributed by atoms with E-state index in [-0.39, 0.29) is 17.4 Å². The molecule has 7 nitrogen and oxygen atoms in total. The highest BCUT2D eigenvalue weighted by molar-refractivity contribution is 7.92. The number of rotatable bonds is 10. The van der Waals surface area contributed by atoms with E-state index >= 15 is 0 Å². The van der Waals surface area contributed by atoms with Crippen molar-refractivity contribution in [2.24, 2.45) is 0 Å². The lowest BCUT2D eigenvalue weighted by molar-refractivity contribution is -0.123. The standard InChI is InChI=1S/C19H24N2O5S/c1-21(27(23,24)18-7-4-3-5-8-18)16-9-11-17(12-10-16)26-15-19(22)20-13-6-14-25-2/h3-5,7-12H,6,13-15H2,1-2H3,(H,20,22). The number of anilines is 1. The van der Waals surface area contributed by atoms with Gasteiger partial charge in [-0.3, -0.25) is 9.10 Å². The quantitative estimate of drug-likeness (QED) is 0.626. The van der Waals surface area contributed by atoms with E-state index in [0.29, 0.717) is 24.6 Å². The Morgan fingerprint density at radius 1 is 1.07 bits per heavy atom. The summed E-state index contributed by atoms with van der Waals surface area (Å²) >= 11 is 0. The molecule has 1 N–H and O–H groups in total. The highest BCUT2D eigenvalue weighted by Crippen LogP contribution is 2.24. The van der Waals surface area contributed by atoms with Crippen LogP contribution in [0.3, 0.4) is 0 Å². The van der Waals surface area contributed by atoms with Crippen molar-refractivity contribution in [2.45, 2.75) is 11.3 Å². The number of carbonyl (C=O) groups excluding carboxylic acids is 1. The first-order valence-electron chi connectivity index (χ1n) is 8.47. The molecule has 0 aliphatic rings. The summed E-state index contributed by atoms with van der Waals surface area (Å²) in [4.78, 5) is 11.9. The first kappa shape index (κ1) is 20.7. The van der Waals surface area contributed by atoms with Crippen LogP contribution in [0, 0.1) is 0 Å². The summed E-state index contributed by atoms with van der Waals surface area (Å²) in [6.45, 7) is 1.00. The summed E-state index contributed by atoms with van der Waals surface area (Å²) < 4.78 is 36.8. The van der Waals surface area contributed by atoms with E-state index in [9.17, 15) is 13.2 Å². The Kier molecular flexibility index (Phi) is 7.63. The SMILES string of the molecule is COCCCNC(=O)COc1ccc(N(C)S(=O)(=O)c2ccccc2)cc1. The number of hydrogen-bond acceptors (Lipinski definition) is 5. The Labute approximate surface area is 160 Å². The minimum Gasteiger partial charge on any atom is -0.484 e. The van der Waals surface area contributed by atoms with E-state index in [1.54, 1.807) is 61.7 Å². The van der Waals surface area contributed by atoms with Gasteiger partial charge >= 0.3 is 0 Å². The van der Waals surface area contributed by atoms with Crippen LogP contribution < -0.4 is 14.4 Å². The van der Waals surface area contributed by atoms with Crippen LogP contribution in [0.2, 0.25) is 0 Å². The molecule has 0 spiro atoms. The first-order valence-corrected chi connectivity index (χ1v) is 9.91. The van der Waals surface area contributed by atoms with Crippen molar-refractivity contribution < 1.29 is 22.7 Å². The maximum absolute atomic E-state index is 12.6. The fourth-order valence-electron chi connectivity index (χ4n) is 2.29. The van der Waals surface area contributed by atoms with Gasteiger partial charge < -0.3 is 14.8 Å². The Morgan fingerprint density at radius 2 is 1.74 bits per heavy atom. The molecule has 0 aliphatic heterocycles. The number of methoxy groups -OCH3 is 1. The van der Waals surface area contributed by atoms with Crippen LogP contribution in [-0.2, 0) is 19.6 Å². The van der Waals surface area contributed by atoms with E-state index in [4.69, 9.17) is 9.47 Å². The minimum atomic E-state index is -3.63. The van der Waals surface area contributed by atoms with Crippen LogP contribution in [0.5, 0.6) is 5.75 Å². The number of ether oxygens (including phenoxy) is 2. The Bertz CT molecular complexity index is 823. The third-order valence-corrected chi connectivity index (χ3v) is 5.62. The molecule has 0 heterocycles. The molecule has 1 amide bonds. The van der Waals surface area contributed by atoms with Crippen LogP contribution in [0.4, 0.5) is 5.69 Å². The minimum absolute atomic E-state index is 0.107. The van der Waals surface area contributed by atoms with Crippen molar-refractivity contribution >= 4 is 21.6 Å². The Morgan fingerprint density at radius 3 is 2.37 bits per heavy atom. The molecule has 0 radical (unpaired) electrons. The Hall–Kier alpha value is -2.58. The second-order valence-corrected chi connectivity index (χ2v) is 7.73. The molecule has 2 aromatic carbocycles. The molecule has 0 fully saturated rings. The highest BCUT2D eigenvalue weighted by Gasteiger charge is 2.20. The molecule has 0 atom stereocenters. The van der Waals surface area contributed by atoms with Crippen LogP contribution in [0.25, 0.3) is 0 Å². The van der Waals surface area contributed by atoms with Gasteiger partial charge in [-0.25, -0.2) is 8.42 Å². The van der Waals surface area contributed by atoms with Gasteiger partial charge in [0.1, 0.15) is 5.75 Å². The van der Waals surface area contributed by atoms with E-state index in [2.05, 4.69) is 5.32 Å². The molecular formula is C19H24N2O5S. The number of benzene rings is 2. The predicted octanol–water partition coefficient (Wildman–Crippen LogP) is 2.04.